The third-order valence-corrected chi connectivity index (χ3v) is 3.43. The number of anilines is 1. The minimum Gasteiger partial charge on any atom is -0.389 e. The fourth-order valence-corrected chi connectivity index (χ4v) is 2.62. The monoisotopic (exact) mass is 270 g/mol. The Morgan fingerprint density at radius 2 is 2.35 bits per heavy atom. The molecule has 0 aromatic heterocycles. The molecule has 5 heteroatoms. The molecule has 0 aliphatic carbocycles. The maximum Gasteiger partial charge on any atom is 0.107 e. The van der Waals surface area contributed by atoms with Gasteiger partial charge in [-0.2, -0.15) is 0 Å². The predicted octanol–water partition coefficient (Wildman–Crippen LogP) is 2.20. The van der Waals surface area contributed by atoms with Crippen molar-refractivity contribution in [3.63, 3.8) is 0 Å². The Hall–Kier alpha value is -0.840. The number of nitrogens with zero attached hydrogens (tertiary/aromatic N) is 1. The van der Waals surface area contributed by atoms with Gasteiger partial charge in [0.15, 0.2) is 0 Å². The van der Waals surface area contributed by atoms with E-state index in [4.69, 9.17) is 34.3 Å². The number of hydrogen-bond acceptors (Lipinski definition) is 3. The first-order valence-electron chi connectivity index (χ1n) is 5.54. The maximum absolute atomic E-state index is 6.17. The summed E-state index contributed by atoms with van der Waals surface area (Å²) in [6.45, 7) is 4.37. The average Bonchev–Trinajstić information content (AvgIpc) is 2.28. The van der Waals surface area contributed by atoms with Crippen LogP contribution in [-0.4, -0.2) is 30.8 Å². The van der Waals surface area contributed by atoms with Crippen molar-refractivity contribution in [3.05, 3.63) is 28.8 Å². The Morgan fingerprint density at radius 3 is 3.00 bits per heavy atom. The number of ether oxygens (including phenoxy) is 1. The predicted molar refractivity (Wildman–Crippen MR) is 75.0 cm³/mol. The lowest BCUT2D eigenvalue weighted by atomic mass is 10.1. The Bertz CT molecular complexity index is 439. The highest BCUT2D eigenvalue weighted by atomic mass is 35.5. The molecule has 1 aliphatic heterocycles. The Morgan fingerprint density at radius 1 is 1.59 bits per heavy atom. The smallest absolute Gasteiger partial charge is 0.107 e. The van der Waals surface area contributed by atoms with Crippen molar-refractivity contribution in [2.24, 2.45) is 5.73 Å². The van der Waals surface area contributed by atoms with Crippen molar-refractivity contribution in [2.75, 3.05) is 24.7 Å². The van der Waals surface area contributed by atoms with Crippen LogP contribution in [0.4, 0.5) is 5.69 Å². The molecule has 0 spiro atoms. The molecule has 1 aliphatic rings. The third kappa shape index (κ3) is 2.54. The summed E-state index contributed by atoms with van der Waals surface area (Å²) in [6, 6.07) is 6.03. The van der Waals surface area contributed by atoms with Crippen molar-refractivity contribution in [1.82, 2.24) is 0 Å². The van der Waals surface area contributed by atoms with Crippen molar-refractivity contribution in [3.8, 4) is 0 Å². The molecule has 0 amide bonds. The first kappa shape index (κ1) is 12.6. The van der Waals surface area contributed by atoms with Crippen molar-refractivity contribution in [1.29, 1.82) is 0 Å². The van der Waals surface area contributed by atoms with Gasteiger partial charge < -0.3 is 15.4 Å². The standard InChI is InChI=1S/C12H15ClN2OS/c1-8-7-16-6-5-15(8)10-4-2-3-9(13)11(10)12(14)17/h2-4,8H,5-7H2,1H3,(H2,14,17). The summed E-state index contributed by atoms with van der Waals surface area (Å²) in [6.07, 6.45) is 0. The van der Waals surface area contributed by atoms with Gasteiger partial charge in [-0.25, -0.2) is 0 Å². The molecule has 1 heterocycles. The second-order valence-electron chi connectivity index (χ2n) is 4.12. The molecule has 1 atom stereocenters. The molecule has 3 nitrogen and oxygen atoms in total. The minimum absolute atomic E-state index is 0.301. The van der Waals surface area contributed by atoms with Crippen LogP contribution in [0.5, 0.6) is 0 Å². The van der Waals surface area contributed by atoms with Gasteiger partial charge >= 0.3 is 0 Å². The summed E-state index contributed by atoms with van der Waals surface area (Å²) < 4.78 is 5.43. The van der Waals surface area contributed by atoms with E-state index < -0.39 is 0 Å². The maximum atomic E-state index is 6.17. The fourth-order valence-electron chi connectivity index (χ4n) is 2.08. The van der Waals surface area contributed by atoms with Gasteiger partial charge in [0.1, 0.15) is 4.99 Å². The molecule has 1 unspecified atom stereocenters. The van der Waals surface area contributed by atoms with E-state index in [2.05, 4.69) is 11.8 Å². The number of hydrogen-bond donors (Lipinski definition) is 1. The van der Waals surface area contributed by atoms with Crippen LogP contribution in [0, 0.1) is 0 Å². The van der Waals surface area contributed by atoms with E-state index in [1.807, 2.05) is 18.2 Å². The van der Waals surface area contributed by atoms with Gasteiger partial charge in [0.05, 0.1) is 23.8 Å². The molecule has 2 N–H and O–H groups in total. The topological polar surface area (TPSA) is 38.5 Å². The lowest BCUT2D eigenvalue weighted by Crippen LogP contribution is -2.44. The number of nitrogens with two attached hydrogens (primary N) is 1. The lowest BCUT2D eigenvalue weighted by Gasteiger charge is -2.36. The Balaban J connectivity index is 2.43. The molecule has 0 bridgehead atoms. The largest absolute Gasteiger partial charge is 0.389 e. The van der Waals surface area contributed by atoms with Crippen molar-refractivity contribution in [2.45, 2.75) is 13.0 Å². The van der Waals surface area contributed by atoms with Gasteiger partial charge in [0.25, 0.3) is 0 Å². The van der Waals surface area contributed by atoms with E-state index in [1.54, 1.807) is 0 Å². The van der Waals surface area contributed by atoms with Gasteiger partial charge in [-0.3, -0.25) is 0 Å². The van der Waals surface area contributed by atoms with Crippen LogP contribution >= 0.6 is 23.8 Å². The van der Waals surface area contributed by atoms with Crippen LogP contribution in [0.2, 0.25) is 5.02 Å². The normalized spacial score (nSPS) is 20.4. The minimum atomic E-state index is 0.301. The highest BCUT2D eigenvalue weighted by Crippen LogP contribution is 2.29. The molecule has 1 aromatic rings. The summed E-state index contributed by atoms with van der Waals surface area (Å²) >= 11 is 11.2. The summed E-state index contributed by atoms with van der Waals surface area (Å²) in [5.74, 6) is 0. The molecular formula is C12H15ClN2OS. The van der Waals surface area contributed by atoms with E-state index in [-0.39, 0.29) is 0 Å². The number of halogens is 1. The molecule has 2 rings (SSSR count). The SMILES string of the molecule is CC1COCCN1c1cccc(Cl)c1C(N)=S. The molecule has 1 aromatic carbocycles. The first-order chi connectivity index (χ1) is 8.11. The average molecular weight is 271 g/mol. The summed E-state index contributed by atoms with van der Waals surface area (Å²) in [7, 11) is 0. The molecule has 1 fully saturated rings. The second-order valence-corrected chi connectivity index (χ2v) is 4.96. The lowest BCUT2D eigenvalue weighted by molar-refractivity contribution is 0.0989. The Kier molecular flexibility index (Phi) is 3.86. The van der Waals surface area contributed by atoms with Crippen LogP contribution < -0.4 is 10.6 Å². The Labute approximate surface area is 111 Å². The van der Waals surface area contributed by atoms with Crippen LogP contribution in [-0.2, 0) is 4.74 Å². The highest BCUT2D eigenvalue weighted by molar-refractivity contribution is 7.80. The fraction of sp³-hybridized carbons (Fsp3) is 0.417. The van der Waals surface area contributed by atoms with Crippen molar-refractivity contribution < 1.29 is 4.74 Å². The summed E-state index contributed by atoms with van der Waals surface area (Å²) in [4.78, 5) is 2.58. The van der Waals surface area contributed by atoms with Crippen LogP contribution in [0.3, 0.4) is 0 Å². The zero-order valence-corrected chi connectivity index (χ0v) is 11.2. The quantitative estimate of drug-likeness (QED) is 0.837. The van der Waals surface area contributed by atoms with Crippen LogP contribution in [0.1, 0.15) is 12.5 Å². The third-order valence-electron chi connectivity index (χ3n) is 2.92. The molecule has 0 saturated carbocycles. The number of benzene rings is 1. The second kappa shape index (κ2) is 5.21. The van der Waals surface area contributed by atoms with E-state index in [9.17, 15) is 0 Å². The van der Waals surface area contributed by atoms with Gasteiger partial charge in [0.2, 0.25) is 0 Å². The van der Waals surface area contributed by atoms with Crippen LogP contribution in [0.25, 0.3) is 0 Å². The van der Waals surface area contributed by atoms with E-state index in [1.165, 1.54) is 0 Å². The van der Waals surface area contributed by atoms with E-state index >= 15 is 0 Å². The molecular weight excluding hydrogens is 256 g/mol. The molecule has 1 saturated heterocycles. The number of morpholine rings is 1. The zero-order valence-electron chi connectivity index (χ0n) is 9.65. The van der Waals surface area contributed by atoms with E-state index in [0.717, 1.165) is 17.8 Å². The van der Waals surface area contributed by atoms with Gasteiger partial charge in [-0.05, 0) is 19.1 Å². The zero-order chi connectivity index (χ0) is 12.4. The van der Waals surface area contributed by atoms with Crippen LogP contribution in [0.15, 0.2) is 18.2 Å². The summed E-state index contributed by atoms with van der Waals surface area (Å²) in [5.41, 5.74) is 7.52. The van der Waals surface area contributed by atoms with Gasteiger partial charge in [0, 0.05) is 18.3 Å². The first-order valence-corrected chi connectivity index (χ1v) is 6.32. The number of rotatable bonds is 2. The molecule has 0 radical (unpaired) electrons. The van der Waals surface area contributed by atoms with E-state index in [0.29, 0.717) is 29.3 Å². The van der Waals surface area contributed by atoms with Gasteiger partial charge in [-0.1, -0.05) is 29.9 Å². The molecule has 17 heavy (non-hydrogen) atoms. The highest BCUT2D eigenvalue weighted by Gasteiger charge is 2.23. The van der Waals surface area contributed by atoms with Gasteiger partial charge in [-0.15, -0.1) is 0 Å². The summed E-state index contributed by atoms with van der Waals surface area (Å²) in [5, 5.41) is 0.605. The van der Waals surface area contributed by atoms with Crippen molar-refractivity contribution >= 4 is 34.5 Å². The molecule has 92 valence electrons. The number of thiocarbonyl (C=S) groups is 1.